The topological polar surface area (TPSA) is 81.2 Å². The van der Waals surface area contributed by atoms with Crippen LogP contribution in [0.5, 0.6) is 0 Å². The smallest absolute Gasteiger partial charge is 0.275 e. The van der Waals surface area contributed by atoms with Crippen LogP contribution >= 0.6 is 15.9 Å². The fourth-order valence-electron chi connectivity index (χ4n) is 2.12. The Hall–Kier alpha value is -1.73. The molecule has 2 aromatic rings. The summed E-state index contributed by atoms with van der Waals surface area (Å²) in [6.45, 7) is 3.87. The lowest BCUT2D eigenvalue weighted by Crippen LogP contribution is -2.07. The minimum atomic E-state index is -0.404. The number of aromatic nitrogens is 2. The van der Waals surface area contributed by atoms with Crippen LogP contribution in [-0.2, 0) is 13.2 Å². The van der Waals surface area contributed by atoms with E-state index in [2.05, 4.69) is 21.0 Å². The Kier molecular flexibility index (Phi) is 4.20. The lowest BCUT2D eigenvalue weighted by Gasteiger charge is -2.06. The Balaban J connectivity index is 2.42. The van der Waals surface area contributed by atoms with Crippen molar-refractivity contribution in [2.45, 2.75) is 27.0 Å². The first-order valence-electron chi connectivity index (χ1n) is 6.00. The number of nitro benzene ring substituents is 1. The van der Waals surface area contributed by atoms with Crippen molar-refractivity contribution in [3.63, 3.8) is 0 Å². The highest BCUT2D eigenvalue weighted by Crippen LogP contribution is 2.25. The van der Waals surface area contributed by atoms with E-state index in [0.717, 1.165) is 17.0 Å². The summed E-state index contributed by atoms with van der Waals surface area (Å²) in [5.41, 5.74) is 2.96. The van der Waals surface area contributed by atoms with Gasteiger partial charge < -0.3 is 5.11 Å². The molecule has 1 aromatic carbocycles. The van der Waals surface area contributed by atoms with E-state index >= 15 is 0 Å². The summed E-state index contributed by atoms with van der Waals surface area (Å²) in [6.07, 6.45) is 0. The number of aliphatic hydroxyl groups excluding tert-OH is 1. The summed E-state index contributed by atoms with van der Waals surface area (Å²) in [7, 11) is 0. The van der Waals surface area contributed by atoms with Crippen molar-refractivity contribution in [2.24, 2.45) is 0 Å². The van der Waals surface area contributed by atoms with Crippen molar-refractivity contribution in [3.05, 3.63) is 55.3 Å². The number of aryl methyl sites for hydroxylation is 1. The van der Waals surface area contributed by atoms with Crippen molar-refractivity contribution in [1.29, 1.82) is 0 Å². The lowest BCUT2D eigenvalue weighted by atomic mass is 10.1. The zero-order chi connectivity index (χ0) is 14.9. The molecule has 0 unspecified atom stereocenters. The van der Waals surface area contributed by atoms with Gasteiger partial charge in [-0.3, -0.25) is 14.8 Å². The molecule has 0 saturated heterocycles. The number of hydrogen-bond acceptors (Lipinski definition) is 4. The SMILES string of the molecule is Cc1nn(Cc2ccc(Br)cc2[N+](=O)[O-])c(C)c1CO. The second-order valence-electron chi connectivity index (χ2n) is 4.50. The standard InChI is InChI=1S/C13H14BrN3O3/c1-8-12(7-18)9(2)16(15-8)6-10-3-4-11(14)5-13(10)17(19)20/h3-5,18H,6-7H2,1-2H3. The molecule has 0 fully saturated rings. The summed E-state index contributed by atoms with van der Waals surface area (Å²) in [6, 6.07) is 4.95. The van der Waals surface area contributed by atoms with Gasteiger partial charge in [-0.2, -0.15) is 5.10 Å². The zero-order valence-corrected chi connectivity index (χ0v) is 12.7. The molecule has 1 N–H and O–H groups in total. The average molecular weight is 340 g/mol. The first-order valence-corrected chi connectivity index (χ1v) is 6.80. The minimum absolute atomic E-state index is 0.0532. The largest absolute Gasteiger partial charge is 0.392 e. The third-order valence-electron chi connectivity index (χ3n) is 3.25. The van der Waals surface area contributed by atoms with E-state index < -0.39 is 4.92 Å². The second kappa shape index (κ2) is 5.72. The van der Waals surface area contributed by atoms with Crippen LogP contribution in [0.15, 0.2) is 22.7 Å². The number of nitro groups is 1. The van der Waals surface area contributed by atoms with Gasteiger partial charge in [0.15, 0.2) is 0 Å². The fourth-order valence-corrected chi connectivity index (χ4v) is 2.47. The number of halogens is 1. The average Bonchev–Trinajstić information content (AvgIpc) is 2.66. The molecule has 0 aliphatic rings. The maximum Gasteiger partial charge on any atom is 0.275 e. The van der Waals surface area contributed by atoms with Crippen LogP contribution in [0.4, 0.5) is 5.69 Å². The van der Waals surface area contributed by atoms with Crippen LogP contribution in [0.3, 0.4) is 0 Å². The van der Waals surface area contributed by atoms with E-state index in [0.29, 0.717) is 16.6 Å². The fraction of sp³-hybridized carbons (Fsp3) is 0.308. The van der Waals surface area contributed by atoms with E-state index in [-0.39, 0.29) is 12.3 Å². The van der Waals surface area contributed by atoms with Crippen molar-refractivity contribution < 1.29 is 10.0 Å². The molecular formula is C13H14BrN3O3. The number of nitrogens with zero attached hydrogens (tertiary/aromatic N) is 3. The van der Waals surface area contributed by atoms with Crippen LogP contribution in [0, 0.1) is 24.0 Å². The van der Waals surface area contributed by atoms with E-state index in [1.54, 1.807) is 16.8 Å². The Labute approximate surface area is 124 Å². The first-order chi connectivity index (χ1) is 9.43. The Bertz CT molecular complexity index is 667. The molecule has 20 heavy (non-hydrogen) atoms. The highest BCUT2D eigenvalue weighted by atomic mass is 79.9. The van der Waals surface area contributed by atoms with Gasteiger partial charge in [-0.05, 0) is 26.0 Å². The third-order valence-corrected chi connectivity index (χ3v) is 3.75. The normalized spacial score (nSPS) is 10.8. The van der Waals surface area contributed by atoms with Crippen LogP contribution in [0.2, 0.25) is 0 Å². The molecule has 0 saturated carbocycles. The van der Waals surface area contributed by atoms with Crippen molar-refractivity contribution in [3.8, 4) is 0 Å². The van der Waals surface area contributed by atoms with Crippen molar-refractivity contribution in [2.75, 3.05) is 0 Å². The molecule has 1 aromatic heterocycles. The molecule has 1 heterocycles. The number of benzene rings is 1. The molecule has 0 bridgehead atoms. The summed E-state index contributed by atoms with van der Waals surface area (Å²) in [5, 5.41) is 24.7. The molecule has 0 radical (unpaired) electrons. The quantitative estimate of drug-likeness (QED) is 0.685. The monoisotopic (exact) mass is 339 g/mol. The molecule has 0 atom stereocenters. The zero-order valence-electron chi connectivity index (χ0n) is 11.1. The molecule has 0 spiro atoms. The Morgan fingerprint density at radius 1 is 1.45 bits per heavy atom. The van der Waals surface area contributed by atoms with Crippen LogP contribution in [0.1, 0.15) is 22.5 Å². The maximum absolute atomic E-state index is 11.1. The summed E-state index contributed by atoms with van der Waals surface area (Å²) in [5.74, 6) is 0. The van der Waals surface area contributed by atoms with Crippen LogP contribution < -0.4 is 0 Å². The minimum Gasteiger partial charge on any atom is -0.392 e. The van der Waals surface area contributed by atoms with E-state index in [4.69, 9.17) is 0 Å². The van der Waals surface area contributed by atoms with Gasteiger partial charge in [0.25, 0.3) is 5.69 Å². The molecular weight excluding hydrogens is 326 g/mol. The number of hydrogen-bond donors (Lipinski definition) is 1. The molecule has 0 amide bonds. The van der Waals surface area contributed by atoms with E-state index in [9.17, 15) is 15.2 Å². The van der Waals surface area contributed by atoms with E-state index in [1.807, 2.05) is 13.8 Å². The van der Waals surface area contributed by atoms with Gasteiger partial charge in [0, 0.05) is 21.8 Å². The van der Waals surface area contributed by atoms with Gasteiger partial charge in [0.05, 0.1) is 29.3 Å². The summed E-state index contributed by atoms with van der Waals surface area (Å²) < 4.78 is 2.34. The van der Waals surface area contributed by atoms with Crippen molar-refractivity contribution >= 4 is 21.6 Å². The van der Waals surface area contributed by atoms with Gasteiger partial charge in [-0.1, -0.05) is 15.9 Å². The lowest BCUT2D eigenvalue weighted by molar-refractivity contribution is -0.385. The summed E-state index contributed by atoms with van der Waals surface area (Å²) in [4.78, 5) is 10.7. The molecule has 106 valence electrons. The number of aliphatic hydroxyl groups is 1. The first kappa shape index (κ1) is 14.7. The predicted molar refractivity (Wildman–Crippen MR) is 77.5 cm³/mol. The van der Waals surface area contributed by atoms with Gasteiger partial charge in [0.2, 0.25) is 0 Å². The van der Waals surface area contributed by atoms with Gasteiger partial charge in [0.1, 0.15) is 0 Å². The number of rotatable bonds is 4. The summed E-state index contributed by atoms with van der Waals surface area (Å²) >= 11 is 3.23. The second-order valence-corrected chi connectivity index (χ2v) is 5.41. The highest BCUT2D eigenvalue weighted by Gasteiger charge is 2.17. The molecule has 2 rings (SSSR count). The van der Waals surface area contributed by atoms with Gasteiger partial charge in [-0.25, -0.2) is 0 Å². The molecule has 0 aliphatic heterocycles. The molecule has 0 aliphatic carbocycles. The van der Waals surface area contributed by atoms with Crippen molar-refractivity contribution in [1.82, 2.24) is 9.78 Å². The predicted octanol–water partition coefficient (Wildman–Crippen LogP) is 2.71. The highest BCUT2D eigenvalue weighted by molar-refractivity contribution is 9.10. The van der Waals surface area contributed by atoms with E-state index in [1.165, 1.54) is 6.07 Å². The Morgan fingerprint density at radius 3 is 2.70 bits per heavy atom. The molecule has 7 heteroatoms. The Morgan fingerprint density at radius 2 is 2.15 bits per heavy atom. The van der Waals surface area contributed by atoms with Crippen LogP contribution in [0.25, 0.3) is 0 Å². The van der Waals surface area contributed by atoms with Gasteiger partial charge in [-0.15, -0.1) is 0 Å². The third kappa shape index (κ3) is 2.73. The molecule has 6 nitrogen and oxygen atoms in total. The van der Waals surface area contributed by atoms with Gasteiger partial charge >= 0.3 is 0 Å². The maximum atomic E-state index is 11.1. The van der Waals surface area contributed by atoms with Crippen LogP contribution in [-0.4, -0.2) is 19.8 Å².